The number of nitrogens with one attached hydrogen (secondary N) is 1. The number of benzene rings is 2. The van der Waals surface area contributed by atoms with Gasteiger partial charge in [-0.2, -0.15) is 5.10 Å². The summed E-state index contributed by atoms with van der Waals surface area (Å²) in [7, 11) is 3.16. The number of carboxylic acids is 1. The largest absolute Gasteiger partial charge is 0.493 e. The van der Waals surface area contributed by atoms with Gasteiger partial charge in [0.25, 0.3) is 5.91 Å². The molecule has 2 aromatic carbocycles. The number of nitrogens with zero attached hydrogens (tertiary/aromatic N) is 2. The molecule has 2 N–H and O–H groups in total. The van der Waals surface area contributed by atoms with Gasteiger partial charge in [-0.3, -0.25) is 4.79 Å². The van der Waals surface area contributed by atoms with Crippen molar-refractivity contribution >= 4 is 34.9 Å². The first-order valence-electron chi connectivity index (χ1n) is 10.9. The van der Waals surface area contributed by atoms with E-state index in [1.165, 1.54) is 18.2 Å². The summed E-state index contributed by atoms with van der Waals surface area (Å²) in [6.07, 6.45) is 8.55. The Morgan fingerprint density at radius 2 is 1.89 bits per heavy atom. The topological polar surface area (TPSA) is 103 Å². The number of aromatic carboxylic acids is 1. The fraction of sp³-hybridized carbons (Fsp3) is 0.192. The smallest absolute Gasteiger partial charge is 0.335 e. The fourth-order valence-electron chi connectivity index (χ4n) is 3.79. The average molecular weight is 494 g/mol. The van der Waals surface area contributed by atoms with E-state index in [0.29, 0.717) is 17.2 Å². The lowest BCUT2D eigenvalue weighted by molar-refractivity contribution is 0.0696. The van der Waals surface area contributed by atoms with Gasteiger partial charge in [0.15, 0.2) is 17.2 Å². The number of carbonyl (C=O) groups excluding carboxylic acids is 1. The molecule has 1 amide bonds. The normalized spacial score (nSPS) is 15.5. The molecule has 0 bridgehead atoms. The van der Waals surface area contributed by atoms with Gasteiger partial charge in [-0.15, -0.1) is 0 Å². The molecule has 0 spiro atoms. The van der Waals surface area contributed by atoms with Gasteiger partial charge < -0.3 is 19.9 Å². The lowest BCUT2D eigenvalue weighted by atomic mass is 10.1. The summed E-state index contributed by atoms with van der Waals surface area (Å²) >= 11 is 6.18. The summed E-state index contributed by atoms with van der Waals surface area (Å²) in [4.78, 5) is 24.2. The Hall–Kier alpha value is -4.04. The van der Waals surface area contributed by atoms with Crippen LogP contribution >= 0.6 is 11.6 Å². The number of hydrogen-bond donors (Lipinski definition) is 2. The summed E-state index contributed by atoms with van der Waals surface area (Å²) in [5.74, 6) is -0.352. The predicted molar refractivity (Wildman–Crippen MR) is 134 cm³/mol. The summed E-state index contributed by atoms with van der Waals surface area (Å²) in [6.45, 7) is 0. The third-order valence-electron chi connectivity index (χ3n) is 5.58. The third-order valence-corrected chi connectivity index (χ3v) is 5.89. The number of fused-ring (bicyclic) bond motifs is 1. The van der Waals surface area contributed by atoms with Gasteiger partial charge in [-0.25, -0.2) is 9.48 Å². The Labute approximate surface area is 207 Å². The zero-order chi connectivity index (χ0) is 24.9. The number of halogens is 1. The van der Waals surface area contributed by atoms with Gasteiger partial charge in [0.05, 0.1) is 36.2 Å². The van der Waals surface area contributed by atoms with Crippen LogP contribution in [0.5, 0.6) is 11.5 Å². The Balaban J connectivity index is 1.70. The number of rotatable bonds is 6. The third kappa shape index (κ3) is 5.22. The molecule has 1 aliphatic rings. The average Bonchev–Trinajstić information content (AvgIpc) is 3.30. The molecule has 3 aromatic rings. The van der Waals surface area contributed by atoms with Crippen molar-refractivity contribution in [3.05, 3.63) is 88.2 Å². The SMILES string of the molecule is COc1ccc(/C2=C/C=C\CCCc3cc(C(=O)Nc4ccc(C(=O)O)cc4Cl)nn32)cc1OC. The first-order valence-corrected chi connectivity index (χ1v) is 11.3. The lowest BCUT2D eigenvalue weighted by Gasteiger charge is -2.14. The molecule has 0 unspecified atom stereocenters. The molecule has 0 atom stereocenters. The van der Waals surface area contributed by atoms with Crippen LogP contribution in [0.2, 0.25) is 5.02 Å². The molecule has 0 radical (unpaired) electrons. The van der Waals surface area contributed by atoms with Crippen LogP contribution in [-0.2, 0) is 6.42 Å². The van der Waals surface area contributed by atoms with Crippen LogP contribution < -0.4 is 14.8 Å². The molecule has 4 rings (SSSR count). The van der Waals surface area contributed by atoms with E-state index < -0.39 is 11.9 Å². The van der Waals surface area contributed by atoms with E-state index in [2.05, 4.69) is 16.5 Å². The van der Waals surface area contributed by atoms with Gasteiger partial charge in [-0.1, -0.05) is 23.8 Å². The Morgan fingerprint density at radius 1 is 1.09 bits per heavy atom. The fourth-order valence-corrected chi connectivity index (χ4v) is 4.02. The van der Waals surface area contributed by atoms with Crippen molar-refractivity contribution in [3.63, 3.8) is 0 Å². The summed E-state index contributed by atoms with van der Waals surface area (Å²) in [5, 5.41) is 16.6. The van der Waals surface area contributed by atoms with Crippen LogP contribution in [-0.4, -0.2) is 41.0 Å². The van der Waals surface area contributed by atoms with Crippen molar-refractivity contribution in [2.24, 2.45) is 0 Å². The van der Waals surface area contributed by atoms with E-state index in [-0.39, 0.29) is 16.3 Å². The maximum atomic E-state index is 13.0. The van der Waals surface area contributed by atoms with Gasteiger partial charge in [0.2, 0.25) is 0 Å². The highest BCUT2D eigenvalue weighted by molar-refractivity contribution is 6.34. The van der Waals surface area contributed by atoms with Crippen molar-refractivity contribution < 1.29 is 24.2 Å². The number of methoxy groups -OCH3 is 2. The van der Waals surface area contributed by atoms with E-state index in [1.807, 2.05) is 30.4 Å². The van der Waals surface area contributed by atoms with Crippen LogP contribution in [0.4, 0.5) is 5.69 Å². The molecule has 8 nitrogen and oxygen atoms in total. The molecule has 180 valence electrons. The molecule has 1 aliphatic heterocycles. The summed E-state index contributed by atoms with van der Waals surface area (Å²) < 4.78 is 12.6. The van der Waals surface area contributed by atoms with Crippen molar-refractivity contribution in [2.75, 3.05) is 19.5 Å². The Kier molecular flexibility index (Phi) is 7.22. The zero-order valence-electron chi connectivity index (χ0n) is 19.2. The molecular formula is C26H24ClN3O5. The minimum Gasteiger partial charge on any atom is -0.493 e. The van der Waals surface area contributed by atoms with Crippen LogP contribution in [0.1, 0.15) is 44.9 Å². The van der Waals surface area contributed by atoms with E-state index in [4.69, 9.17) is 26.2 Å². The van der Waals surface area contributed by atoms with E-state index >= 15 is 0 Å². The summed E-state index contributed by atoms with van der Waals surface area (Å²) in [5.41, 5.74) is 3.06. The predicted octanol–water partition coefficient (Wildman–Crippen LogP) is 5.29. The van der Waals surface area contributed by atoms with Crippen molar-refractivity contribution in [1.29, 1.82) is 0 Å². The van der Waals surface area contributed by atoms with Crippen LogP contribution in [0.15, 0.2) is 60.7 Å². The quantitative estimate of drug-likeness (QED) is 0.484. The van der Waals surface area contributed by atoms with Crippen LogP contribution in [0, 0.1) is 0 Å². The molecule has 35 heavy (non-hydrogen) atoms. The molecular weight excluding hydrogens is 470 g/mol. The Bertz CT molecular complexity index is 1340. The van der Waals surface area contributed by atoms with Gasteiger partial charge in [0.1, 0.15) is 0 Å². The maximum Gasteiger partial charge on any atom is 0.335 e. The van der Waals surface area contributed by atoms with Crippen molar-refractivity contribution in [3.8, 4) is 11.5 Å². The number of anilines is 1. The highest BCUT2D eigenvalue weighted by Crippen LogP contribution is 2.32. The Morgan fingerprint density at radius 3 is 2.60 bits per heavy atom. The summed E-state index contributed by atoms with van der Waals surface area (Å²) in [6, 6.07) is 11.5. The first-order chi connectivity index (χ1) is 16.9. The first kappa shape index (κ1) is 24.1. The number of allylic oxidation sites excluding steroid dienone is 3. The molecule has 0 saturated heterocycles. The lowest BCUT2D eigenvalue weighted by Crippen LogP contribution is -2.14. The van der Waals surface area contributed by atoms with Crippen LogP contribution in [0.3, 0.4) is 0 Å². The second kappa shape index (κ2) is 10.5. The minimum absolute atomic E-state index is 0.0340. The maximum absolute atomic E-state index is 13.0. The van der Waals surface area contributed by atoms with Gasteiger partial charge in [-0.05, 0) is 67.8 Å². The van der Waals surface area contributed by atoms with E-state index in [1.54, 1.807) is 25.0 Å². The molecule has 0 saturated carbocycles. The second-order valence-corrected chi connectivity index (χ2v) is 8.24. The number of hydrogen-bond acceptors (Lipinski definition) is 5. The highest BCUT2D eigenvalue weighted by Gasteiger charge is 2.20. The molecule has 2 heterocycles. The highest BCUT2D eigenvalue weighted by atomic mass is 35.5. The number of carbonyl (C=O) groups is 2. The number of amides is 1. The number of ether oxygens (including phenoxy) is 2. The number of carboxylic acid groups (broad SMARTS) is 1. The minimum atomic E-state index is -1.10. The molecule has 9 heteroatoms. The van der Waals surface area contributed by atoms with Gasteiger partial charge >= 0.3 is 5.97 Å². The molecule has 0 aliphatic carbocycles. The van der Waals surface area contributed by atoms with E-state index in [9.17, 15) is 9.59 Å². The molecule has 0 fully saturated rings. The number of aryl methyl sites for hydroxylation is 1. The zero-order valence-corrected chi connectivity index (χ0v) is 20.0. The monoisotopic (exact) mass is 493 g/mol. The van der Waals surface area contributed by atoms with Crippen molar-refractivity contribution in [1.82, 2.24) is 9.78 Å². The van der Waals surface area contributed by atoms with Crippen molar-refractivity contribution in [2.45, 2.75) is 19.3 Å². The molecule has 1 aromatic heterocycles. The standard InChI is InChI=1S/C26H24ClN3O5/c1-34-23-12-10-16(14-24(23)35-2)22-8-6-4-3-5-7-18-15-21(29-30(18)22)25(31)28-20-11-9-17(26(32)33)13-19(20)27/h4,6,8-15H,3,5,7H2,1-2H3,(H,28,31)(H,32,33)/b6-4-,22-8-. The van der Waals surface area contributed by atoms with Crippen LogP contribution in [0.25, 0.3) is 5.70 Å². The van der Waals surface area contributed by atoms with Gasteiger partial charge in [0, 0.05) is 11.3 Å². The second-order valence-electron chi connectivity index (χ2n) is 7.83. The van der Waals surface area contributed by atoms with E-state index in [0.717, 1.165) is 36.2 Å². The number of aromatic nitrogens is 2.